The van der Waals surface area contributed by atoms with Gasteiger partial charge in [0.1, 0.15) is 0 Å². The molecule has 48 valence electrons. The molecule has 0 radical (unpaired) electrons. The number of nitrogens with one attached hydrogen (secondary N) is 1. The minimum Gasteiger partial charge on any atom is -0.313 e. The van der Waals surface area contributed by atoms with E-state index in [0.29, 0.717) is 0 Å². The van der Waals surface area contributed by atoms with Crippen molar-refractivity contribution in [2.75, 3.05) is 7.05 Å². The van der Waals surface area contributed by atoms with Crippen LogP contribution in [0.1, 0.15) is 4.88 Å². The molecule has 9 heavy (non-hydrogen) atoms. The van der Waals surface area contributed by atoms with E-state index in [1.54, 1.807) is 24.6 Å². The van der Waals surface area contributed by atoms with Gasteiger partial charge in [0, 0.05) is 11.9 Å². The lowest BCUT2D eigenvalue weighted by Crippen LogP contribution is -1.92. The van der Waals surface area contributed by atoms with Crippen LogP contribution >= 0.6 is 11.3 Å². The first-order valence-electron chi connectivity index (χ1n) is 2.67. The number of hydrogen-bond acceptors (Lipinski definition) is 3. The molecule has 0 fully saturated rings. The van der Waals surface area contributed by atoms with Gasteiger partial charge in [-0.3, -0.25) is 0 Å². The highest BCUT2D eigenvalue weighted by atomic mass is 32.1. The van der Waals surface area contributed by atoms with Crippen molar-refractivity contribution in [3.05, 3.63) is 22.4 Å². The van der Waals surface area contributed by atoms with Crippen molar-refractivity contribution in [2.24, 2.45) is 5.10 Å². The summed E-state index contributed by atoms with van der Waals surface area (Å²) in [7, 11) is 1.78. The summed E-state index contributed by atoms with van der Waals surface area (Å²) in [6.45, 7) is 0. The first kappa shape index (κ1) is 6.29. The number of nitrogens with zero attached hydrogens (tertiary/aromatic N) is 1. The molecular formula is C6H8N2S. The Morgan fingerprint density at radius 1 is 1.78 bits per heavy atom. The summed E-state index contributed by atoms with van der Waals surface area (Å²) in [5.74, 6) is 0. The van der Waals surface area contributed by atoms with E-state index in [1.807, 2.05) is 17.5 Å². The topological polar surface area (TPSA) is 24.4 Å². The van der Waals surface area contributed by atoms with Crippen LogP contribution < -0.4 is 5.43 Å². The van der Waals surface area contributed by atoms with Crippen LogP contribution in [0, 0.1) is 0 Å². The van der Waals surface area contributed by atoms with E-state index >= 15 is 0 Å². The highest BCUT2D eigenvalue weighted by Gasteiger charge is 1.82. The van der Waals surface area contributed by atoms with Crippen molar-refractivity contribution in [2.45, 2.75) is 0 Å². The van der Waals surface area contributed by atoms with Crippen LogP contribution in [0.2, 0.25) is 0 Å². The maximum absolute atomic E-state index is 3.85. The summed E-state index contributed by atoms with van der Waals surface area (Å²) >= 11 is 1.67. The molecule has 0 atom stereocenters. The van der Waals surface area contributed by atoms with Crippen LogP contribution in [0.5, 0.6) is 0 Å². The Morgan fingerprint density at radius 2 is 2.67 bits per heavy atom. The fourth-order valence-electron chi connectivity index (χ4n) is 0.493. The molecule has 0 aliphatic rings. The van der Waals surface area contributed by atoms with Crippen LogP contribution in [0.15, 0.2) is 22.6 Å². The summed E-state index contributed by atoms with van der Waals surface area (Å²) in [5.41, 5.74) is 2.68. The quantitative estimate of drug-likeness (QED) is 0.486. The minimum atomic E-state index is 1.17. The summed E-state index contributed by atoms with van der Waals surface area (Å²) in [5, 5.41) is 5.87. The monoisotopic (exact) mass is 140 g/mol. The van der Waals surface area contributed by atoms with Crippen LogP contribution in [-0.4, -0.2) is 13.3 Å². The number of thiophene rings is 1. The fraction of sp³-hybridized carbons (Fsp3) is 0.167. The maximum atomic E-state index is 3.85. The van der Waals surface area contributed by atoms with Gasteiger partial charge >= 0.3 is 0 Å². The van der Waals surface area contributed by atoms with E-state index in [-0.39, 0.29) is 0 Å². The Bertz CT molecular complexity index is 179. The molecule has 1 aromatic rings. The molecule has 2 nitrogen and oxygen atoms in total. The average molecular weight is 140 g/mol. The van der Waals surface area contributed by atoms with Gasteiger partial charge in [-0.2, -0.15) is 5.10 Å². The summed E-state index contributed by atoms with van der Waals surface area (Å²) in [6, 6.07) is 4.02. The predicted molar refractivity (Wildman–Crippen MR) is 41.0 cm³/mol. The van der Waals surface area contributed by atoms with Crippen LogP contribution in [-0.2, 0) is 0 Å². The number of hydrogen-bond donors (Lipinski definition) is 1. The van der Waals surface area contributed by atoms with E-state index in [0.717, 1.165) is 0 Å². The van der Waals surface area contributed by atoms with Crippen LogP contribution in [0.4, 0.5) is 0 Å². The predicted octanol–water partition coefficient (Wildman–Crippen LogP) is 1.30. The summed E-state index contributed by atoms with van der Waals surface area (Å²) in [6.07, 6.45) is 1.80. The first-order chi connectivity index (χ1) is 4.43. The molecule has 1 N–H and O–H groups in total. The largest absolute Gasteiger partial charge is 0.313 e. The van der Waals surface area contributed by atoms with Gasteiger partial charge in [0.2, 0.25) is 0 Å². The van der Waals surface area contributed by atoms with Crippen molar-refractivity contribution in [3.63, 3.8) is 0 Å². The van der Waals surface area contributed by atoms with E-state index in [2.05, 4.69) is 10.5 Å². The molecule has 0 aliphatic heterocycles. The summed E-state index contributed by atoms with van der Waals surface area (Å²) < 4.78 is 0. The van der Waals surface area contributed by atoms with E-state index in [1.165, 1.54) is 4.88 Å². The van der Waals surface area contributed by atoms with E-state index in [9.17, 15) is 0 Å². The molecule has 0 saturated carbocycles. The Morgan fingerprint density at radius 3 is 3.22 bits per heavy atom. The van der Waals surface area contributed by atoms with Gasteiger partial charge in [-0.1, -0.05) is 6.07 Å². The zero-order chi connectivity index (χ0) is 6.53. The van der Waals surface area contributed by atoms with E-state index < -0.39 is 0 Å². The van der Waals surface area contributed by atoms with E-state index in [4.69, 9.17) is 0 Å². The molecule has 0 spiro atoms. The van der Waals surface area contributed by atoms with Gasteiger partial charge in [0.15, 0.2) is 0 Å². The molecule has 0 aromatic carbocycles. The van der Waals surface area contributed by atoms with Crippen molar-refractivity contribution in [1.82, 2.24) is 5.43 Å². The smallest absolute Gasteiger partial charge is 0.0640 e. The molecule has 0 bridgehead atoms. The van der Waals surface area contributed by atoms with Gasteiger partial charge < -0.3 is 5.43 Å². The second-order valence-corrected chi connectivity index (χ2v) is 2.48. The normalized spacial score (nSPS) is 10.3. The lowest BCUT2D eigenvalue weighted by Gasteiger charge is -1.82. The maximum Gasteiger partial charge on any atom is 0.0640 e. The van der Waals surface area contributed by atoms with Crippen LogP contribution in [0.3, 0.4) is 0 Å². The van der Waals surface area contributed by atoms with Gasteiger partial charge in [-0.15, -0.1) is 11.3 Å². The Kier molecular flexibility index (Phi) is 2.27. The third-order valence-corrected chi connectivity index (χ3v) is 1.67. The lowest BCUT2D eigenvalue weighted by atomic mass is 10.5. The van der Waals surface area contributed by atoms with Gasteiger partial charge in [0.25, 0.3) is 0 Å². The molecule has 0 unspecified atom stereocenters. The Labute approximate surface area is 58.2 Å². The van der Waals surface area contributed by atoms with Crippen molar-refractivity contribution < 1.29 is 0 Å². The zero-order valence-corrected chi connectivity index (χ0v) is 5.98. The standard InChI is InChI=1S/C6H8N2S/c1-7-8-5-6-3-2-4-9-6/h2-5,7H,1H3/b8-5+. The molecule has 0 amide bonds. The molecule has 0 aliphatic carbocycles. The molecule has 0 saturated heterocycles. The fourth-order valence-corrected chi connectivity index (χ4v) is 1.08. The second-order valence-electron chi connectivity index (χ2n) is 1.50. The van der Waals surface area contributed by atoms with Gasteiger partial charge in [-0.05, 0) is 11.4 Å². The molecule has 1 aromatic heterocycles. The SMILES string of the molecule is CN/N=C/c1cccs1. The molecule has 1 rings (SSSR count). The molecule has 1 heterocycles. The van der Waals surface area contributed by atoms with Crippen LogP contribution in [0.25, 0.3) is 0 Å². The number of rotatable bonds is 2. The lowest BCUT2D eigenvalue weighted by molar-refractivity contribution is 0.908. The average Bonchev–Trinajstić information content (AvgIpc) is 2.34. The van der Waals surface area contributed by atoms with Gasteiger partial charge in [0.05, 0.1) is 6.21 Å². The summed E-state index contributed by atoms with van der Waals surface area (Å²) in [4.78, 5) is 1.17. The second kappa shape index (κ2) is 3.25. The zero-order valence-electron chi connectivity index (χ0n) is 5.16. The van der Waals surface area contributed by atoms with Crippen molar-refractivity contribution in [1.29, 1.82) is 0 Å². The Hall–Kier alpha value is -0.830. The number of hydrazone groups is 1. The van der Waals surface area contributed by atoms with Gasteiger partial charge in [-0.25, -0.2) is 0 Å². The van der Waals surface area contributed by atoms with Crippen molar-refractivity contribution >= 4 is 17.6 Å². The first-order valence-corrected chi connectivity index (χ1v) is 3.55. The third kappa shape index (κ3) is 1.85. The minimum absolute atomic E-state index is 1.17. The Balaban J connectivity index is 2.57. The highest BCUT2D eigenvalue weighted by Crippen LogP contribution is 2.03. The van der Waals surface area contributed by atoms with Crippen molar-refractivity contribution in [3.8, 4) is 0 Å². The molecular weight excluding hydrogens is 132 g/mol. The highest BCUT2D eigenvalue weighted by molar-refractivity contribution is 7.11. The molecule has 3 heteroatoms. The third-order valence-electron chi connectivity index (χ3n) is 0.864.